The highest BCUT2D eigenvalue weighted by Gasteiger charge is 2.23. The molecule has 106 valence electrons. The molecule has 0 aliphatic rings. The van der Waals surface area contributed by atoms with Gasteiger partial charge < -0.3 is 14.8 Å². The summed E-state index contributed by atoms with van der Waals surface area (Å²) in [6.07, 6.45) is 2.07. The number of carboxylic acids is 1. The summed E-state index contributed by atoms with van der Waals surface area (Å²) in [6.45, 7) is 5.12. The van der Waals surface area contributed by atoms with Crippen LogP contribution in [-0.2, 0) is 4.74 Å². The van der Waals surface area contributed by atoms with E-state index in [1.165, 1.54) is 12.4 Å². The molecule has 0 radical (unpaired) electrons. The summed E-state index contributed by atoms with van der Waals surface area (Å²) in [6, 6.07) is 0. The van der Waals surface area contributed by atoms with Crippen LogP contribution < -0.4 is 5.32 Å². The van der Waals surface area contributed by atoms with E-state index in [0.29, 0.717) is 0 Å². The fourth-order valence-electron chi connectivity index (χ4n) is 1.60. The largest absolute Gasteiger partial charge is 0.477 e. The van der Waals surface area contributed by atoms with Crippen molar-refractivity contribution in [2.75, 3.05) is 5.32 Å². The van der Waals surface area contributed by atoms with E-state index in [-0.39, 0.29) is 22.5 Å². The predicted molar refractivity (Wildman–Crippen MR) is 70.7 cm³/mol. The molecular weight excluding hydrogens is 264 g/mol. The molecule has 0 atom stereocenters. The first kappa shape index (κ1) is 13.8. The van der Waals surface area contributed by atoms with Crippen molar-refractivity contribution in [2.45, 2.75) is 26.4 Å². The van der Waals surface area contributed by atoms with Crippen LogP contribution in [0.15, 0.2) is 12.4 Å². The van der Waals surface area contributed by atoms with E-state index in [4.69, 9.17) is 9.84 Å². The Hall–Kier alpha value is -2.64. The van der Waals surface area contributed by atoms with Crippen LogP contribution in [0.2, 0.25) is 0 Å². The second-order valence-corrected chi connectivity index (χ2v) is 5.06. The van der Waals surface area contributed by atoms with E-state index < -0.39 is 17.7 Å². The monoisotopic (exact) mass is 278 g/mol. The lowest BCUT2D eigenvalue weighted by Gasteiger charge is -2.19. The van der Waals surface area contributed by atoms with Crippen LogP contribution in [0.1, 0.15) is 31.3 Å². The number of aromatic carboxylic acids is 1. The Morgan fingerprint density at radius 1 is 1.30 bits per heavy atom. The third kappa shape index (κ3) is 2.85. The number of rotatable bonds is 2. The van der Waals surface area contributed by atoms with E-state index in [1.54, 1.807) is 20.8 Å². The lowest BCUT2D eigenvalue weighted by Crippen LogP contribution is -2.27. The second-order valence-electron chi connectivity index (χ2n) is 5.06. The number of amides is 1. The van der Waals surface area contributed by atoms with Gasteiger partial charge >= 0.3 is 12.1 Å². The maximum Gasteiger partial charge on any atom is 0.412 e. The number of anilines is 1. The van der Waals surface area contributed by atoms with Crippen molar-refractivity contribution in [3.8, 4) is 0 Å². The molecule has 0 saturated carbocycles. The molecule has 0 aliphatic carbocycles. The topological polar surface area (TPSA) is 117 Å². The van der Waals surface area contributed by atoms with Crippen molar-refractivity contribution >= 4 is 28.9 Å². The highest BCUT2D eigenvalue weighted by molar-refractivity contribution is 6.07. The minimum absolute atomic E-state index is 0.0369. The number of carbonyl (C=O) groups is 2. The summed E-state index contributed by atoms with van der Waals surface area (Å²) in [5.74, 6) is -1.23. The Morgan fingerprint density at radius 2 is 1.95 bits per heavy atom. The Morgan fingerprint density at radius 3 is 2.55 bits per heavy atom. The van der Waals surface area contributed by atoms with E-state index in [0.717, 1.165) is 0 Å². The van der Waals surface area contributed by atoms with Crippen LogP contribution in [0.4, 0.5) is 10.5 Å². The van der Waals surface area contributed by atoms with Gasteiger partial charge in [-0.3, -0.25) is 5.32 Å². The number of nitrogens with one attached hydrogen (secondary N) is 2. The number of H-pyrrole nitrogens is 1. The Labute approximate surface area is 114 Å². The SMILES string of the molecule is CC(C)(C)OC(=O)Nc1c(C(=O)O)[nH]c2nccnc12. The fourth-order valence-corrected chi connectivity index (χ4v) is 1.60. The van der Waals surface area contributed by atoms with Crippen LogP contribution in [-0.4, -0.2) is 37.7 Å². The molecular formula is C12H14N4O4. The second kappa shape index (κ2) is 4.80. The molecule has 2 rings (SSSR count). The standard InChI is InChI=1S/C12H14N4O4/c1-12(2,3)20-11(19)16-6-7-9(14-5-4-13-7)15-8(6)10(17)18/h4-5H,1-3H3,(H,14,15)(H,16,19)(H,17,18). The maximum atomic E-state index is 11.8. The van der Waals surface area contributed by atoms with Gasteiger partial charge in [0.15, 0.2) is 11.3 Å². The number of fused-ring (bicyclic) bond motifs is 1. The zero-order chi connectivity index (χ0) is 14.9. The molecule has 0 fully saturated rings. The van der Waals surface area contributed by atoms with Gasteiger partial charge in [0.1, 0.15) is 16.8 Å². The van der Waals surface area contributed by atoms with Gasteiger partial charge in [-0.1, -0.05) is 0 Å². The third-order valence-corrected chi connectivity index (χ3v) is 2.27. The Bertz CT molecular complexity index is 672. The average molecular weight is 278 g/mol. The minimum atomic E-state index is -1.23. The summed E-state index contributed by atoms with van der Waals surface area (Å²) >= 11 is 0. The van der Waals surface area contributed by atoms with E-state index in [2.05, 4.69) is 20.3 Å². The van der Waals surface area contributed by atoms with Crippen molar-refractivity contribution in [3.05, 3.63) is 18.1 Å². The zero-order valence-corrected chi connectivity index (χ0v) is 11.2. The summed E-state index contributed by atoms with van der Waals surface area (Å²) in [7, 11) is 0. The molecule has 0 spiro atoms. The van der Waals surface area contributed by atoms with Crippen molar-refractivity contribution in [3.63, 3.8) is 0 Å². The number of hydrogen-bond donors (Lipinski definition) is 3. The summed E-state index contributed by atoms with van der Waals surface area (Å²) in [5, 5.41) is 11.5. The molecule has 2 aromatic rings. The average Bonchev–Trinajstić information content (AvgIpc) is 2.66. The molecule has 8 heteroatoms. The van der Waals surface area contributed by atoms with Crippen molar-refractivity contribution in [1.82, 2.24) is 15.0 Å². The Balaban J connectivity index is 2.39. The van der Waals surface area contributed by atoms with Crippen LogP contribution in [0, 0.1) is 0 Å². The van der Waals surface area contributed by atoms with E-state index in [1.807, 2.05) is 0 Å². The minimum Gasteiger partial charge on any atom is -0.477 e. The van der Waals surface area contributed by atoms with Crippen molar-refractivity contribution < 1.29 is 19.4 Å². The van der Waals surface area contributed by atoms with Crippen LogP contribution in [0.3, 0.4) is 0 Å². The van der Waals surface area contributed by atoms with Gasteiger partial charge in [0, 0.05) is 12.4 Å². The molecule has 3 N–H and O–H groups in total. The maximum absolute atomic E-state index is 11.8. The van der Waals surface area contributed by atoms with Crippen LogP contribution >= 0.6 is 0 Å². The molecule has 0 aliphatic heterocycles. The number of ether oxygens (including phenoxy) is 1. The lowest BCUT2D eigenvalue weighted by atomic mass is 10.2. The first-order valence-corrected chi connectivity index (χ1v) is 5.84. The molecule has 0 saturated heterocycles. The summed E-state index contributed by atoms with van der Waals surface area (Å²) < 4.78 is 5.09. The van der Waals surface area contributed by atoms with Crippen molar-refractivity contribution in [1.29, 1.82) is 0 Å². The Kier molecular flexibility index (Phi) is 3.31. The van der Waals surface area contributed by atoms with Gasteiger partial charge in [0.05, 0.1) is 0 Å². The molecule has 2 heterocycles. The van der Waals surface area contributed by atoms with Crippen LogP contribution in [0.25, 0.3) is 11.2 Å². The molecule has 8 nitrogen and oxygen atoms in total. The summed E-state index contributed by atoms with van der Waals surface area (Å²) in [5.41, 5.74) is -0.315. The number of carbonyl (C=O) groups excluding carboxylic acids is 1. The fraction of sp³-hybridized carbons (Fsp3) is 0.333. The summed E-state index contributed by atoms with van der Waals surface area (Å²) in [4.78, 5) is 33.5. The number of aromatic amines is 1. The van der Waals surface area contributed by atoms with Gasteiger partial charge in [-0.15, -0.1) is 0 Å². The first-order valence-electron chi connectivity index (χ1n) is 5.84. The number of aromatic nitrogens is 3. The highest BCUT2D eigenvalue weighted by atomic mass is 16.6. The van der Waals surface area contributed by atoms with E-state index >= 15 is 0 Å². The number of nitrogens with zero attached hydrogens (tertiary/aromatic N) is 2. The normalized spacial score (nSPS) is 11.3. The molecule has 1 amide bonds. The lowest BCUT2D eigenvalue weighted by molar-refractivity contribution is 0.0636. The molecule has 0 unspecified atom stereocenters. The van der Waals surface area contributed by atoms with Gasteiger partial charge in [-0.05, 0) is 20.8 Å². The third-order valence-electron chi connectivity index (χ3n) is 2.27. The first-order chi connectivity index (χ1) is 9.28. The zero-order valence-electron chi connectivity index (χ0n) is 11.2. The number of carboxylic acid groups (broad SMARTS) is 1. The van der Waals surface area contributed by atoms with Gasteiger partial charge in [-0.25, -0.2) is 19.6 Å². The highest BCUT2D eigenvalue weighted by Crippen LogP contribution is 2.25. The number of hydrogen-bond acceptors (Lipinski definition) is 5. The molecule has 2 aromatic heterocycles. The van der Waals surface area contributed by atoms with E-state index in [9.17, 15) is 9.59 Å². The van der Waals surface area contributed by atoms with Crippen molar-refractivity contribution in [2.24, 2.45) is 0 Å². The molecule has 0 aromatic carbocycles. The smallest absolute Gasteiger partial charge is 0.412 e. The van der Waals surface area contributed by atoms with Crippen LogP contribution in [0.5, 0.6) is 0 Å². The molecule has 20 heavy (non-hydrogen) atoms. The van der Waals surface area contributed by atoms with Gasteiger partial charge in [0.25, 0.3) is 0 Å². The quantitative estimate of drug-likeness (QED) is 0.773. The predicted octanol–water partition coefficient (Wildman–Crippen LogP) is 2.00. The van der Waals surface area contributed by atoms with Gasteiger partial charge in [0.2, 0.25) is 0 Å². The van der Waals surface area contributed by atoms with Gasteiger partial charge in [-0.2, -0.15) is 0 Å². The molecule has 0 bridgehead atoms.